The molecule has 0 saturated heterocycles. The summed E-state index contributed by atoms with van der Waals surface area (Å²) in [4.78, 5) is 0.181. The van der Waals surface area contributed by atoms with Crippen LogP contribution in [0.4, 0.5) is 0 Å². The Labute approximate surface area is 116 Å². The highest BCUT2D eigenvalue weighted by atomic mass is 32.3. The SMILES string of the molecule is Cc1ccc(S(=O)(=O)N2[C@H](C)C=C[C@H](C)S2=O)cc1. The number of sulfonamides is 1. The molecular weight excluding hydrogens is 282 g/mol. The molecule has 1 aromatic rings. The minimum atomic E-state index is -3.73. The summed E-state index contributed by atoms with van der Waals surface area (Å²) in [5.74, 6) is 0. The third-order valence-electron chi connectivity index (χ3n) is 3.04. The Bertz CT molecular complexity index is 620. The fourth-order valence-corrected chi connectivity index (χ4v) is 5.50. The van der Waals surface area contributed by atoms with Gasteiger partial charge >= 0.3 is 0 Å². The van der Waals surface area contributed by atoms with Gasteiger partial charge in [0.25, 0.3) is 10.0 Å². The van der Waals surface area contributed by atoms with E-state index in [1.807, 2.05) is 6.92 Å². The van der Waals surface area contributed by atoms with Gasteiger partial charge in [-0.3, -0.25) is 0 Å². The van der Waals surface area contributed by atoms with Gasteiger partial charge in [-0.2, -0.15) is 0 Å². The van der Waals surface area contributed by atoms with Crippen molar-refractivity contribution in [2.45, 2.75) is 37.0 Å². The van der Waals surface area contributed by atoms with Gasteiger partial charge in [-0.15, -0.1) is 3.71 Å². The second-order valence-electron chi connectivity index (χ2n) is 4.68. The highest BCUT2D eigenvalue weighted by Crippen LogP contribution is 2.26. The minimum absolute atomic E-state index is 0.181. The van der Waals surface area contributed by atoms with Crippen molar-refractivity contribution >= 4 is 21.0 Å². The highest BCUT2D eigenvalue weighted by molar-refractivity contribution is 8.01. The van der Waals surface area contributed by atoms with Crippen LogP contribution in [-0.2, 0) is 21.0 Å². The lowest BCUT2D eigenvalue weighted by Gasteiger charge is -2.30. The molecule has 1 unspecified atom stereocenters. The lowest BCUT2D eigenvalue weighted by molar-refractivity contribution is 0.499. The molecule has 6 heteroatoms. The second-order valence-corrected chi connectivity index (χ2v) is 8.42. The molecule has 0 fully saturated rings. The van der Waals surface area contributed by atoms with Crippen LogP contribution < -0.4 is 0 Å². The smallest absolute Gasteiger partial charge is 0.241 e. The largest absolute Gasteiger partial charge is 0.254 e. The predicted octanol–water partition coefficient (Wildman–Crippen LogP) is 2.00. The first kappa shape index (κ1) is 14.4. The molecule has 2 rings (SSSR count). The van der Waals surface area contributed by atoms with Gasteiger partial charge in [-0.25, -0.2) is 12.6 Å². The quantitative estimate of drug-likeness (QED) is 0.785. The van der Waals surface area contributed by atoms with Crippen molar-refractivity contribution < 1.29 is 12.6 Å². The van der Waals surface area contributed by atoms with Crippen LogP contribution in [0.25, 0.3) is 0 Å². The monoisotopic (exact) mass is 299 g/mol. The normalized spacial score (nSPS) is 28.5. The standard InChI is InChI=1S/C13H17NO3S2/c1-10-4-8-13(9-5-10)19(16,17)14-11(2)6-7-12(3)18(14)15/h4-9,11-12H,1-3H3/t11-,12+,18?/m1/s1. The van der Waals surface area contributed by atoms with Crippen LogP contribution >= 0.6 is 0 Å². The summed E-state index contributed by atoms with van der Waals surface area (Å²) in [7, 11) is -5.30. The first-order chi connectivity index (χ1) is 8.84. The first-order valence-corrected chi connectivity index (χ1v) is 8.65. The van der Waals surface area contributed by atoms with Crippen LogP contribution in [0.1, 0.15) is 19.4 Å². The van der Waals surface area contributed by atoms with Crippen molar-refractivity contribution in [3.8, 4) is 0 Å². The summed E-state index contributed by atoms with van der Waals surface area (Å²) in [5, 5.41) is -0.295. The molecule has 0 aromatic heterocycles. The van der Waals surface area contributed by atoms with Crippen molar-refractivity contribution in [1.82, 2.24) is 3.71 Å². The Morgan fingerprint density at radius 1 is 1.11 bits per heavy atom. The van der Waals surface area contributed by atoms with Gasteiger partial charge in [0.1, 0.15) is 11.0 Å². The molecular formula is C13H17NO3S2. The fourth-order valence-electron chi connectivity index (χ4n) is 1.91. The van der Waals surface area contributed by atoms with Crippen LogP contribution in [0.3, 0.4) is 0 Å². The summed E-state index contributed by atoms with van der Waals surface area (Å²) in [6.07, 6.45) is 3.57. The van der Waals surface area contributed by atoms with E-state index >= 15 is 0 Å². The Hall–Kier alpha value is -0.980. The average molecular weight is 299 g/mol. The van der Waals surface area contributed by atoms with Crippen LogP contribution in [0.15, 0.2) is 41.3 Å². The van der Waals surface area contributed by atoms with Gasteiger partial charge in [0.2, 0.25) is 0 Å². The van der Waals surface area contributed by atoms with E-state index in [0.29, 0.717) is 0 Å². The number of hydrogen-bond donors (Lipinski definition) is 0. The second kappa shape index (κ2) is 5.19. The third-order valence-corrected chi connectivity index (χ3v) is 7.23. The van der Waals surface area contributed by atoms with Gasteiger partial charge in [0.05, 0.1) is 16.2 Å². The van der Waals surface area contributed by atoms with Crippen LogP contribution in [-0.4, -0.2) is 27.6 Å². The van der Waals surface area contributed by atoms with E-state index in [9.17, 15) is 12.6 Å². The molecule has 3 atom stereocenters. The van der Waals surface area contributed by atoms with E-state index in [0.717, 1.165) is 9.27 Å². The lowest BCUT2D eigenvalue weighted by Crippen LogP contribution is -2.44. The van der Waals surface area contributed by atoms with Crippen molar-refractivity contribution in [2.24, 2.45) is 0 Å². The zero-order valence-corrected chi connectivity index (χ0v) is 12.7. The number of benzene rings is 1. The van der Waals surface area contributed by atoms with Gasteiger partial charge in [0, 0.05) is 0 Å². The number of hydrogen-bond acceptors (Lipinski definition) is 3. The van der Waals surface area contributed by atoms with Gasteiger partial charge in [0.15, 0.2) is 0 Å². The van der Waals surface area contributed by atoms with E-state index in [1.54, 1.807) is 50.3 Å². The molecule has 1 heterocycles. The zero-order valence-electron chi connectivity index (χ0n) is 11.1. The highest BCUT2D eigenvalue weighted by Gasteiger charge is 2.37. The van der Waals surface area contributed by atoms with E-state index in [-0.39, 0.29) is 10.1 Å². The molecule has 0 saturated carbocycles. The molecule has 0 amide bonds. The van der Waals surface area contributed by atoms with Crippen molar-refractivity contribution in [3.05, 3.63) is 42.0 Å². The van der Waals surface area contributed by atoms with E-state index in [1.165, 1.54) is 0 Å². The maximum atomic E-state index is 12.6. The summed E-state index contributed by atoms with van der Waals surface area (Å²) in [6, 6.07) is 6.19. The Morgan fingerprint density at radius 2 is 1.68 bits per heavy atom. The minimum Gasteiger partial charge on any atom is -0.241 e. The molecule has 4 nitrogen and oxygen atoms in total. The van der Waals surface area contributed by atoms with Gasteiger partial charge in [-0.1, -0.05) is 29.8 Å². The van der Waals surface area contributed by atoms with Crippen LogP contribution in [0.5, 0.6) is 0 Å². The lowest BCUT2D eigenvalue weighted by atomic mass is 10.2. The molecule has 0 N–H and O–H groups in total. The van der Waals surface area contributed by atoms with Crippen molar-refractivity contribution in [2.75, 3.05) is 0 Å². The maximum absolute atomic E-state index is 12.6. The van der Waals surface area contributed by atoms with Gasteiger partial charge in [-0.05, 0) is 32.9 Å². The fraction of sp³-hybridized carbons (Fsp3) is 0.385. The molecule has 1 aliphatic heterocycles. The molecule has 1 aliphatic rings. The molecule has 0 spiro atoms. The van der Waals surface area contributed by atoms with Gasteiger partial charge < -0.3 is 0 Å². The molecule has 0 aliphatic carbocycles. The van der Waals surface area contributed by atoms with Crippen LogP contribution in [0.2, 0.25) is 0 Å². The number of aryl methyl sites for hydroxylation is 1. The Balaban J connectivity index is 2.47. The first-order valence-electron chi connectivity index (χ1n) is 6.04. The van der Waals surface area contributed by atoms with E-state index in [2.05, 4.69) is 0 Å². The Morgan fingerprint density at radius 3 is 2.26 bits per heavy atom. The van der Waals surface area contributed by atoms with Crippen molar-refractivity contribution in [3.63, 3.8) is 0 Å². The molecule has 0 bridgehead atoms. The average Bonchev–Trinajstić information content (AvgIpc) is 2.34. The number of nitrogens with zero attached hydrogens (tertiary/aromatic N) is 1. The molecule has 19 heavy (non-hydrogen) atoms. The van der Waals surface area contributed by atoms with Crippen molar-refractivity contribution in [1.29, 1.82) is 0 Å². The Kier molecular flexibility index (Phi) is 3.94. The summed E-state index contributed by atoms with van der Waals surface area (Å²) < 4.78 is 38.4. The number of rotatable bonds is 2. The zero-order chi connectivity index (χ0) is 14.2. The maximum Gasteiger partial charge on any atom is 0.254 e. The topological polar surface area (TPSA) is 54.5 Å². The third kappa shape index (κ3) is 2.66. The molecule has 0 radical (unpaired) electrons. The molecule has 104 valence electrons. The van der Waals surface area contributed by atoms with Crippen LogP contribution in [0, 0.1) is 6.92 Å². The summed E-state index contributed by atoms with van der Waals surface area (Å²) in [5.41, 5.74) is 0.986. The summed E-state index contributed by atoms with van der Waals surface area (Å²) in [6.45, 7) is 5.37. The van der Waals surface area contributed by atoms with E-state index < -0.39 is 27.1 Å². The molecule has 1 aromatic carbocycles. The predicted molar refractivity (Wildman–Crippen MR) is 76.4 cm³/mol. The summed E-state index contributed by atoms with van der Waals surface area (Å²) >= 11 is 0. The van der Waals surface area contributed by atoms with E-state index in [4.69, 9.17) is 0 Å².